The molecule has 0 bridgehead atoms. The predicted molar refractivity (Wildman–Crippen MR) is 109 cm³/mol. The molecule has 136 valence electrons. The Labute approximate surface area is 162 Å². The van der Waals surface area contributed by atoms with Crippen molar-refractivity contribution in [3.8, 4) is 0 Å². The number of carbonyl (C=O) groups excluding carboxylic acids is 1. The normalized spacial score (nSPS) is 13.5. The number of rotatable bonds is 7. The van der Waals surface area contributed by atoms with E-state index in [4.69, 9.17) is 11.6 Å². The summed E-state index contributed by atoms with van der Waals surface area (Å²) in [5.41, 5.74) is 2.98. The Morgan fingerprint density at radius 1 is 1.27 bits per heavy atom. The van der Waals surface area contributed by atoms with Crippen LogP contribution in [-0.4, -0.2) is 27.7 Å². The SMILES string of the molecule is CCC(CNC(=O)C(C)Sc1nc2ccc(Cl)cc2[nH]1)c1ccccc1. The highest BCUT2D eigenvalue weighted by Crippen LogP contribution is 2.25. The first kappa shape index (κ1) is 18.8. The predicted octanol–water partition coefficient (Wildman–Crippen LogP) is 5.01. The molecule has 2 unspecified atom stereocenters. The van der Waals surface area contributed by atoms with Crippen LogP contribution in [0.15, 0.2) is 53.7 Å². The summed E-state index contributed by atoms with van der Waals surface area (Å²) < 4.78 is 0. The molecule has 0 spiro atoms. The first-order valence-corrected chi connectivity index (χ1v) is 9.97. The smallest absolute Gasteiger partial charge is 0.233 e. The Hall–Kier alpha value is -1.98. The number of hydrogen-bond donors (Lipinski definition) is 2. The molecule has 0 saturated heterocycles. The molecule has 2 aromatic carbocycles. The number of nitrogens with zero attached hydrogens (tertiary/aromatic N) is 1. The van der Waals surface area contributed by atoms with Crippen LogP contribution in [0.25, 0.3) is 11.0 Å². The van der Waals surface area contributed by atoms with Crippen molar-refractivity contribution in [3.05, 3.63) is 59.1 Å². The number of imidazole rings is 1. The lowest BCUT2D eigenvalue weighted by atomic mass is 9.96. The van der Waals surface area contributed by atoms with Gasteiger partial charge in [-0.3, -0.25) is 4.79 Å². The van der Waals surface area contributed by atoms with Gasteiger partial charge in [-0.15, -0.1) is 0 Å². The van der Waals surface area contributed by atoms with Crippen molar-refractivity contribution >= 4 is 40.3 Å². The van der Waals surface area contributed by atoms with E-state index in [1.807, 2.05) is 43.3 Å². The Morgan fingerprint density at radius 2 is 2.04 bits per heavy atom. The number of nitrogens with one attached hydrogen (secondary N) is 2. The van der Waals surface area contributed by atoms with E-state index < -0.39 is 0 Å². The number of halogens is 1. The Bertz CT molecular complexity index is 881. The molecule has 3 aromatic rings. The summed E-state index contributed by atoms with van der Waals surface area (Å²) in [4.78, 5) is 20.2. The van der Waals surface area contributed by atoms with Crippen LogP contribution in [0.1, 0.15) is 31.7 Å². The zero-order chi connectivity index (χ0) is 18.5. The topological polar surface area (TPSA) is 57.8 Å². The number of aromatic nitrogens is 2. The van der Waals surface area contributed by atoms with Gasteiger partial charge in [-0.1, -0.05) is 60.6 Å². The average molecular weight is 388 g/mol. The number of hydrogen-bond acceptors (Lipinski definition) is 3. The third kappa shape index (κ3) is 4.59. The molecule has 3 rings (SSSR count). The molecular weight excluding hydrogens is 366 g/mol. The number of H-pyrrole nitrogens is 1. The minimum Gasteiger partial charge on any atom is -0.355 e. The second-order valence-corrected chi connectivity index (χ2v) is 7.99. The van der Waals surface area contributed by atoms with Gasteiger partial charge in [0.15, 0.2) is 5.16 Å². The van der Waals surface area contributed by atoms with Crippen LogP contribution in [0.3, 0.4) is 0 Å². The molecule has 0 saturated carbocycles. The van der Waals surface area contributed by atoms with Gasteiger partial charge >= 0.3 is 0 Å². The molecule has 1 aromatic heterocycles. The number of carbonyl (C=O) groups is 1. The van der Waals surface area contributed by atoms with Gasteiger partial charge in [0.1, 0.15) is 0 Å². The van der Waals surface area contributed by atoms with Crippen LogP contribution in [0.4, 0.5) is 0 Å². The first-order valence-electron chi connectivity index (χ1n) is 8.71. The molecule has 0 aliphatic rings. The summed E-state index contributed by atoms with van der Waals surface area (Å²) in [5, 5.41) is 4.22. The van der Waals surface area contributed by atoms with Crippen molar-refractivity contribution in [1.82, 2.24) is 15.3 Å². The highest BCUT2D eigenvalue weighted by molar-refractivity contribution is 8.00. The second-order valence-electron chi connectivity index (χ2n) is 6.22. The highest BCUT2D eigenvalue weighted by atomic mass is 35.5. The lowest BCUT2D eigenvalue weighted by Crippen LogP contribution is -2.34. The van der Waals surface area contributed by atoms with E-state index in [1.54, 1.807) is 0 Å². The third-order valence-electron chi connectivity index (χ3n) is 4.37. The summed E-state index contributed by atoms with van der Waals surface area (Å²) >= 11 is 7.42. The number of benzene rings is 2. The fourth-order valence-electron chi connectivity index (χ4n) is 2.83. The fraction of sp³-hybridized carbons (Fsp3) is 0.300. The number of amides is 1. The van der Waals surface area contributed by atoms with Crippen molar-refractivity contribution in [2.45, 2.75) is 36.6 Å². The minimum atomic E-state index is -0.237. The standard InChI is InChI=1S/C20H22ClN3OS/c1-3-14(15-7-5-4-6-8-15)12-22-19(25)13(2)26-20-23-17-10-9-16(21)11-18(17)24-20/h4-11,13-14H,3,12H2,1-2H3,(H,22,25)(H,23,24). The van der Waals surface area contributed by atoms with Crippen LogP contribution < -0.4 is 5.32 Å². The van der Waals surface area contributed by atoms with E-state index in [1.165, 1.54) is 17.3 Å². The maximum absolute atomic E-state index is 12.5. The van der Waals surface area contributed by atoms with E-state index in [0.29, 0.717) is 17.5 Å². The highest BCUT2D eigenvalue weighted by Gasteiger charge is 2.18. The van der Waals surface area contributed by atoms with Crippen LogP contribution in [0.2, 0.25) is 5.02 Å². The molecule has 0 fully saturated rings. The molecule has 26 heavy (non-hydrogen) atoms. The molecule has 6 heteroatoms. The van der Waals surface area contributed by atoms with Gasteiger partial charge in [0, 0.05) is 17.5 Å². The summed E-state index contributed by atoms with van der Waals surface area (Å²) in [6.45, 7) is 4.67. The average Bonchev–Trinajstić information content (AvgIpc) is 3.04. The maximum atomic E-state index is 12.5. The molecule has 1 heterocycles. The number of thioether (sulfide) groups is 1. The zero-order valence-electron chi connectivity index (χ0n) is 14.8. The summed E-state index contributed by atoms with van der Waals surface area (Å²) in [5.74, 6) is 0.341. The molecule has 1 amide bonds. The van der Waals surface area contributed by atoms with Gasteiger partial charge in [-0.05, 0) is 37.1 Å². The number of aromatic amines is 1. The van der Waals surface area contributed by atoms with E-state index in [0.717, 1.165) is 22.6 Å². The van der Waals surface area contributed by atoms with Gasteiger partial charge in [0.05, 0.1) is 16.3 Å². The van der Waals surface area contributed by atoms with E-state index in [9.17, 15) is 4.79 Å². The molecule has 2 atom stereocenters. The van der Waals surface area contributed by atoms with Gasteiger partial charge in [-0.25, -0.2) is 4.98 Å². The zero-order valence-corrected chi connectivity index (χ0v) is 16.4. The van der Waals surface area contributed by atoms with E-state index >= 15 is 0 Å². The number of fused-ring (bicyclic) bond motifs is 1. The molecule has 0 radical (unpaired) electrons. The molecule has 0 aliphatic carbocycles. The van der Waals surface area contributed by atoms with Crippen molar-refractivity contribution < 1.29 is 4.79 Å². The van der Waals surface area contributed by atoms with Crippen molar-refractivity contribution in [3.63, 3.8) is 0 Å². The summed E-state index contributed by atoms with van der Waals surface area (Å²) in [6.07, 6.45) is 0.982. The lowest BCUT2D eigenvalue weighted by Gasteiger charge is -2.17. The fourth-order valence-corrected chi connectivity index (χ4v) is 3.84. The van der Waals surface area contributed by atoms with Crippen LogP contribution in [-0.2, 0) is 4.79 Å². The van der Waals surface area contributed by atoms with Crippen molar-refractivity contribution in [2.24, 2.45) is 0 Å². The minimum absolute atomic E-state index is 0.0165. The van der Waals surface area contributed by atoms with Gasteiger partial charge < -0.3 is 10.3 Å². The molecule has 2 N–H and O–H groups in total. The quantitative estimate of drug-likeness (QED) is 0.560. The summed E-state index contributed by atoms with van der Waals surface area (Å²) in [6, 6.07) is 15.8. The Balaban J connectivity index is 1.58. The lowest BCUT2D eigenvalue weighted by molar-refractivity contribution is -0.120. The first-order chi connectivity index (χ1) is 12.6. The van der Waals surface area contributed by atoms with Crippen molar-refractivity contribution in [2.75, 3.05) is 6.54 Å². The second kappa shape index (κ2) is 8.60. The van der Waals surface area contributed by atoms with E-state index in [-0.39, 0.29) is 11.2 Å². The maximum Gasteiger partial charge on any atom is 0.233 e. The van der Waals surface area contributed by atoms with Crippen LogP contribution in [0, 0.1) is 0 Å². The van der Waals surface area contributed by atoms with Gasteiger partial charge in [-0.2, -0.15) is 0 Å². The van der Waals surface area contributed by atoms with Gasteiger partial charge in [0.2, 0.25) is 5.91 Å². The Morgan fingerprint density at radius 3 is 2.77 bits per heavy atom. The molecular formula is C20H22ClN3OS. The van der Waals surface area contributed by atoms with Gasteiger partial charge in [0.25, 0.3) is 0 Å². The van der Waals surface area contributed by atoms with Crippen molar-refractivity contribution in [1.29, 1.82) is 0 Å². The van der Waals surface area contributed by atoms with E-state index in [2.05, 4.69) is 34.3 Å². The largest absolute Gasteiger partial charge is 0.355 e. The van der Waals surface area contributed by atoms with Crippen LogP contribution >= 0.6 is 23.4 Å². The third-order valence-corrected chi connectivity index (χ3v) is 5.59. The molecule has 0 aliphatic heterocycles. The molecule has 4 nitrogen and oxygen atoms in total. The summed E-state index contributed by atoms with van der Waals surface area (Å²) in [7, 11) is 0. The Kier molecular flexibility index (Phi) is 6.22. The monoisotopic (exact) mass is 387 g/mol. The van der Waals surface area contributed by atoms with Crippen LogP contribution in [0.5, 0.6) is 0 Å².